The molecule has 1 heterocycles. The molecule has 1 aliphatic heterocycles. The molecule has 1 atom stereocenters. The minimum Gasteiger partial charge on any atom is -0.481 e. The molecule has 1 N–H and O–H groups in total. The average Bonchev–Trinajstić information content (AvgIpc) is 2.68. The summed E-state index contributed by atoms with van der Waals surface area (Å²) in [5.74, 6) is -0.852. The summed E-state index contributed by atoms with van der Waals surface area (Å²) >= 11 is 0. The molecule has 0 spiro atoms. The van der Waals surface area contributed by atoms with Crippen molar-refractivity contribution in [2.24, 2.45) is 5.92 Å². The number of likely N-dealkylation sites (tertiary alicyclic amines) is 1. The van der Waals surface area contributed by atoms with Crippen LogP contribution in [-0.4, -0.2) is 29.1 Å². The molecule has 14 heavy (non-hydrogen) atoms. The molecule has 3 heteroatoms. The van der Waals surface area contributed by atoms with E-state index in [-0.39, 0.29) is 5.92 Å². The molecule has 1 fully saturated rings. The van der Waals surface area contributed by atoms with Gasteiger partial charge in [-0.25, -0.2) is 0 Å². The number of hydrogen-bond donors (Lipinski definition) is 1. The highest BCUT2D eigenvalue weighted by molar-refractivity contribution is 5.70. The lowest BCUT2D eigenvalue weighted by Crippen LogP contribution is -2.22. The lowest BCUT2D eigenvalue weighted by Gasteiger charge is -2.20. The SMILES string of the molecule is O=C(O)C1CCN(C2=CC[CH]C=C2)C1. The topological polar surface area (TPSA) is 40.5 Å². The van der Waals surface area contributed by atoms with Gasteiger partial charge in [0.2, 0.25) is 0 Å². The van der Waals surface area contributed by atoms with Crippen molar-refractivity contribution >= 4 is 5.97 Å². The standard InChI is InChI=1S/C11H14NO2/c13-11(14)9-6-7-12(8-9)10-4-2-1-3-5-10/h1-2,4-5,9H,3,6-8H2,(H,13,14). The van der Waals surface area contributed by atoms with Crippen molar-refractivity contribution in [1.29, 1.82) is 0 Å². The van der Waals surface area contributed by atoms with Crippen LogP contribution in [0.1, 0.15) is 12.8 Å². The number of hydrogen-bond acceptors (Lipinski definition) is 2. The fourth-order valence-corrected chi connectivity index (χ4v) is 1.93. The molecule has 0 amide bonds. The number of carboxylic acid groups (broad SMARTS) is 1. The van der Waals surface area contributed by atoms with E-state index in [1.165, 1.54) is 5.70 Å². The summed E-state index contributed by atoms with van der Waals surface area (Å²) in [6.07, 6.45) is 10.0. The highest BCUT2D eigenvalue weighted by atomic mass is 16.4. The Hall–Kier alpha value is -1.25. The van der Waals surface area contributed by atoms with Crippen molar-refractivity contribution in [3.05, 3.63) is 30.3 Å². The second-order valence-electron chi connectivity index (χ2n) is 3.73. The van der Waals surface area contributed by atoms with Crippen LogP contribution < -0.4 is 0 Å². The molecule has 75 valence electrons. The number of rotatable bonds is 2. The van der Waals surface area contributed by atoms with E-state index in [2.05, 4.69) is 17.4 Å². The van der Waals surface area contributed by atoms with E-state index >= 15 is 0 Å². The Morgan fingerprint density at radius 3 is 3.00 bits per heavy atom. The maximum absolute atomic E-state index is 10.8. The Morgan fingerprint density at radius 1 is 1.57 bits per heavy atom. The summed E-state index contributed by atoms with van der Waals surface area (Å²) in [6.45, 7) is 1.53. The summed E-state index contributed by atoms with van der Waals surface area (Å²) in [6, 6.07) is 0. The molecule has 2 aliphatic rings. The minimum absolute atomic E-state index is 0.185. The van der Waals surface area contributed by atoms with Crippen molar-refractivity contribution in [2.45, 2.75) is 12.8 Å². The van der Waals surface area contributed by atoms with Crippen molar-refractivity contribution in [1.82, 2.24) is 4.90 Å². The van der Waals surface area contributed by atoms with Crippen LogP contribution >= 0.6 is 0 Å². The van der Waals surface area contributed by atoms with Crippen LogP contribution in [0.25, 0.3) is 0 Å². The average molecular weight is 192 g/mol. The van der Waals surface area contributed by atoms with E-state index in [4.69, 9.17) is 5.11 Å². The van der Waals surface area contributed by atoms with Crippen LogP contribution in [0.2, 0.25) is 0 Å². The van der Waals surface area contributed by atoms with E-state index in [0.29, 0.717) is 6.54 Å². The van der Waals surface area contributed by atoms with Gasteiger partial charge in [-0.2, -0.15) is 0 Å². The van der Waals surface area contributed by atoms with E-state index in [1.54, 1.807) is 0 Å². The Kier molecular flexibility index (Phi) is 2.57. The molecule has 2 rings (SSSR count). The zero-order valence-electron chi connectivity index (χ0n) is 8.02. The van der Waals surface area contributed by atoms with E-state index in [9.17, 15) is 4.79 Å². The van der Waals surface area contributed by atoms with Crippen molar-refractivity contribution in [2.75, 3.05) is 13.1 Å². The van der Waals surface area contributed by atoms with E-state index in [0.717, 1.165) is 19.4 Å². The van der Waals surface area contributed by atoms with Crippen LogP contribution in [0, 0.1) is 12.3 Å². The van der Waals surface area contributed by atoms with Crippen molar-refractivity contribution in [3.8, 4) is 0 Å². The van der Waals surface area contributed by atoms with Crippen molar-refractivity contribution < 1.29 is 9.90 Å². The summed E-state index contributed by atoms with van der Waals surface area (Å²) in [5, 5.41) is 8.86. The maximum Gasteiger partial charge on any atom is 0.308 e. The van der Waals surface area contributed by atoms with Gasteiger partial charge in [-0.1, -0.05) is 12.2 Å². The third-order valence-corrected chi connectivity index (χ3v) is 2.77. The third kappa shape index (κ3) is 1.81. The van der Waals surface area contributed by atoms with Crippen LogP contribution in [0.15, 0.2) is 23.9 Å². The summed E-state index contributed by atoms with van der Waals surface area (Å²) < 4.78 is 0. The molecule has 1 aliphatic carbocycles. The Morgan fingerprint density at radius 2 is 2.43 bits per heavy atom. The maximum atomic E-state index is 10.8. The molecule has 1 saturated heterocycles. The van der Waals surface area contributed by atoms with Gasteiger partial charge in [0.1, 0.15) is 0 Å². The fraction of sp³-hybridized carbons (Fsp3) is 0.455. The van der Waals surface area contributed by atoms with Gasteiger partial charge in [0.05, 0.1) is 5.92 Å². The molecule has 0 aromatic heterocycles. The first-order valence-electron chi connectivity index (χ1n) is 4.95. The van der Waals surface area contributed by atoms with Crippen LogP contribution in [-0.2, 0) is 4.79 Å². The molecule has 0 aromatic rings. The fourth-order valence-electron chi connectivity index (χ4n) is 1.93. The lowest BCUT2D eigenvalue weighted by atomic mass is 10.1. The van der Waals surface area contributed by atoms with Crippen molar-refractivity contribution in [3.63, 3.8) is 0 Å². The summed E-state index contributed by atoms with van der Waals surface area (Å²) in [5.41, 5.74) is 1.18. The van der Waals surface area contributed by atoms with Gasteiger partial charge in [-0.3, -0.25) is 4.79 Å². The molecular formula is C11H14NO2. The largest absolute Gasteiger partial charge is 0.481 e. The van der Waals surface area contributed by atoms with Gasteiger partial charge in [0.15, 0.2) is 0 Å². The zero-order chi connectivity index (χ0) is 9.97. The molecule has 1 radical (unpaired) electrons. The third-order valence-electron chi connectivity index (χ3n) is 2.77. The molecule has 3 nitrogen and oxygen atoms in total. The molecule has 1 unspecified atom stereocenters. The van der Waals surface area contributed by atoms with Gasteiger partial charge in [-0.05, 0) is 25.3 Å². The Bertz CT molecular complexity index is 294. The van der Waals surface area contributed by atoms with Crippen LogP contribution in [0.4, 0.5) is 0 Å². The first-order valence-corrected chi connectivity index (χ1v) is 4.95. The van der Waals surface area contributed by atoms with Gasteiger partial charge in [0, 0.05) is 18.8 Å². The lowest BCUT2D eigenvalue weighted by molar-refractivity contribution is -0.141. The van der Waals surface area contributed by atoms with E-state index < -0.39 is 5.97 Å². The zero-order valence-corrected chi connectivity index (χ0v) is 8.02. The minimum atomic E-state index is -0.667. The van der Waals surface area contributed by atoms with Crippen LogP contribution in [0.5, 0.6) is 0 Å². The molecule has 0 bridgehead atoms. The van der Waals surface area contributed by atoms with Gasteiger partial charge >= 0.3 is 5.97 Å². The monoisotopic (exact) mass is 192 g/mol. The smallest absolute Gasteiger partial charge is 0.308 e. The highest BCUT2D eigenvalue weighted by Gasteiger charge is 2.28. The number of aliphatic carboxylic acids is 1. The molecule has 0 saturated carbocycles. The quantitative estimate of drug-likeness (QED) is 0.719. The normalized spacial score (nSPS) is 26.4. The van der Waals surface area contributed by atoms with Crippen LogP contribution in [0.3, 0.4) is 0 Å². The first-order chi connectivity index (χ1) is 6.77. The predicted molar refractivity (Wildman–Crippen MR) is 53.5 cm³/mol. The predicted octanol–water partition coefficient (Wildman–Crippen LogP) is 1.44. The second-order valence-corrected chi connectivity index (χ2v) is 3.73. The molecular weight excluding hydrogens is 178 g/mol. The number of carbonyl (C=O) groups is 1. The van der Waals surface area contributed by atoms with Gasteiger partial charge < -0.3 is 10.0 Å². The first kappa shape index (κ1) is 9.31. The van der Waals surface area contributed by atoms with E-state index in [1.807, 2.05) is 12.2 Å². The number of nitrogens with zero attached hydrogens (tertiary/aromatic N) is 1. The molecule has 0 aromatic carbocycles. The number of allylic oxidation sites excluding steroid dienone is 3. The van der Waals surface area contributed by atoms with Gasteiger partial charge in [0.25, 0.3) is 0 Å². The Balaban J connectivity index is 1.98. The summed E-state index contributed by atoms with van der Waals surface area (Å²) in [7, 11) is 0. The highest BCUT2D eigenvalue weighted by Crippen LogP contribution is 2.23. The summed E-state index contributed by atoms with van der Waals surface area (Å²) in [4.78, 5) is 12.9. The van der Waals surface area contributed by atoms with Gasteiger partial charge in [-0.15, -0.1) is 0 Å². The Labute approximate surface area is 83.7 Å². The number of carboxylic acids is 1. The second kappa shape index (κ2) is 3.86.